The number of carboxylic acids is 1. The fraction of sp³-hybridized carbons (Fsp3) is 0.222. The second-order valence-electron chi connectivity index (χ2n) is 8.25. The van der Waals surface area contributed by atoms with Crippen LogP contribution in [0.3, 0.4) is 0 Å². The fourth-order valence-electron chi connectivity index (χ4n) is 4.07. The molecule has 174 valence electrons. The Labute approximate surface area is 198 Å². The Hall–Kier alpha value is -4.13. The number of carbonyl (C=O) groups excluding carboxylic acids is 2. The summed E-state index contributed by atoms with van der Waals surface area (Å²) in [5.41, 5.74) is 3.51. The normalized spacial score (nSPS) is 15.6. The molecule has 0 fully saturated rings. The van der Waals surface area contributed by atoms with Crippen LogP contribution in [-0.4, -0.2) is 40.1 Å². The highest BCUT2D eigenvalue weighted by Crippen LogP contribution is 2.25. The minimum absolute atomic E-state index is 0.0813. The van der Waals surface area contributed by atoms with Gasteiger partial charge in [-0.2, -0.15) is 0 Å². The van der Waals surface area contributed by atoms with E-state index in [0.29, 0.717) is 0 Å². The summed E-state index contributed by atoms with van der Waals surface area (Å²) in [5, 5.41) is 12.3. The third-order valence-electron chi connectivity index (χ3n) is 5.89. The van der Waals surface area contributed by atoms with Gasteiger partial charge in [-0.05, 0) is 22.3 Å². The van der Waals surface area contributed by atoms with Gasteiger partial charge in [0, 0.05) is 12.8 Å². The van der Waals surface area contributed by atoms with Crippen molar-refractivity contribution >= 4 is 18.0 Å². The summed E-state index contributed by atoms with van der Waals surface area (Å²) >= 11 is 0. The third-order valence-corrected chi connectivity index (χ3v) is 5.89. The summed E-state index contributed by atoms with van der Waals surface area (Å²) in [6.45, 7) is 0.288. The number of nitrogens with one attached hydrogen (secondary N) is 1. The van der Waals surface area contributed by atoms with E-state index in [1.807, 2.05) is 84.9 Å². The van der Waals surface area contributed by atoms with Crippen molar-refractivity contribution in [3.8, 4) is 0 Å². The summed E-state index contributed by atoms with van der Waals surface area (Å²) in [6.07, 6.45) is -0.197. The predicted molar refractivity (Wildman–Crippen MR) is 126 cm³/mol. The van der Waals surface area contributed by atoms with E-state index in [0.717, 1.165) is 22.3 Å². The maximum absolute atomic E-state index is 13.3. The van der Waals surface area contributed by atoms with Crippen LogP contribution in [0.4, 0.5) is 4.79 Å². The molecule has 0 spiro atoms. The number of carbonyl (C=O) groups is 3. The molecule has 0 unspecified atom stereocenters. The highest BCUT2D eigenvalue weighted by Gasteiger charge is 2.37. The van der Waals surface area contributed by atoms with Gasteiger partial charge in [-0.25, -0.2) is 9.59 Å². The maximum Gasteiger partial charge on any atom is 0.411 e. The summed E-state index contributed by atoms with van der Waals surface area (Å²) in [6, 6.07) is 24.0. The van der Waals surface area contributed by atoms with E-state index < -0.39 is 30.1 Å². The molecule has 0 aromatic heterocycles. The number of nitrogens with zero attached hydrogens (tertiary/aromatic N) is 1. The minimum atomic E-state index is -1.13. The number of hydrogen-bond acceptors (Lipinski definition) is 4. The average molecular weight is 459 g/mol. The van der Waals surface area contributed by atoms with Crippen molar-refractivity contribution < 1.29 is 24.2 Å². The zero-order chi connectivity index (χ0) is 23.9. The molecule has 7 nitrogen and oxygen atoms in total. The first-order valence-corrected chi connectivity index (χ1v) is 11.1. The Morgan fingerprint density at radius 1 is 0.882 bits per heavy atom. The summed E-state index contributed by atoms with van der Waals surface area (Å²) in [7, 11) is 0. The maximum atomic E-state index is 13.3. The van der Waals surface area contributed by atoms with E-state index in [1.54, 1.807) is 0 Å². The molecule has 4 rings (SSSR count). The quantitative estimate of drug-likeness (QED) is 0.564. The Bertz CT molecular complexity index is 1150. The summed E-state index contributed by atoms with van der Waals surface area (Å²) in [4.78, 5) is 39.5. The van der Waals surface area contributed by atoms with Gasteiger partial charge in [-0.1, -0.05) is 84.9 Å². The lowest BCUT2D eigenvalue weighted by molar-refractivity contribution is -0.142. The monoisotopic (exact) mass is 458 g/mol. The van der Waals surface area contributed by atoms with Gasteiger partial charge in [0.05, 0.1) is 6.54 Å². The zero-order valence-corrected chi connectivity index (χ0v) is 18.6. The minimum Gasteiger partial charge on any atom is -0.480 e. The molecule has 0 bridgehead atoms. The van der Waals surface area contributed by atoms with E-state index in [2.05, 4.69) is 5.32 Å². The Morgan fingerprint density at radius 2 is 1.47 bits per heavy atom. The van der Waals surface area contributed by atoms with Crippen LogP contribution in [0.25, 0.3) is 0 Å². The first-order valence-electron chi connectivity index (χ1n) is 11.1. The molecule has 1 aliphatic rings. The number of amides is 2. The van der Waals surface area contributed by atoms with E-state index in [9.17, 15) is 19.5 Å². The number of aliphatic carboxylic acids is 1. The number of fused-ring (bicyclic) bond motifs is 1. The molecule has 3 aromatic carbocycles. The van der Waals surface area contributed by atoms with Gasteiger partial charge in [0.1, 0.15) is 18.7 Å². The number of rotatable bonds is 7. The summed E-state index contributed by atoms with van der Waals surface area (Å²) in [5.74, 6) is -1.65. The van der Waals surface area contributed by atoms with Gasteiger partial charge < -0.3 is 15.2 Å². The van der Waals surface area contributed by atoms with E-state index >= 15 is 0 Å². The Kier molecular flexibility index (Phi) is 7.22. The molecule has 0 saturated carbocycles. The van der Waals surface area contributed by atoms with Crippen molar-refractivity contribution in [1.82, 2.24) is 10.2 Å². The lowest BCUT2D eigenvalue weighted by atomic mass is 9.93. The van der Waals surface area contributed by atoms with Crippen LogP contribution in [0.2, 0.25) is 0 Å². The van der Waals surface area contributed by atoms with Gasteiger partial charge in [0.15, 0.2) is 0 Å². The largest absolute Gasteiger partial charge is 0.480 e. The van der Waals surface area contributed by atoms with Gasteiger partial charge >= 0.3 is 12.1 Å². The lowest BCUT2D eigenvalue weighted by Crippen LogP contribution is -2.56. The Balaban J connectivity index is 1.51. The average Bonchev–Trinajstić information content (AvgIpc) is 2.87. The van der Waals surface area contributed by atoms with Crippen LogP contribution >= 0.6 is 0 Å². The molecule has 2 amide bonds. The Morgan fingerprint density at radius 3 is 2.12 bits per heavy atom. The van der Waals surface area contributed by atoms with E-state index in [4.69, 9.17) is 4.74 Å². The molecule has 1 heterocycles. The van der Waals surface area contributed by atoms with Crippen molar-refractivity contribution in [1.29, 1.82) is 0 Å². The van der Waals surface area contributed by atoms with E-state index in [-0.39, 0.29) is 26.0 Å². The molecule has 0 saturated heterocycles. The topological polar surface area (TPSA) is 95.9 Å². The first kappa shape index (κ1) is 23.0. The van der Waals surface area contributed by atoms with Crippen molar-refractivity contribution in [2.24, 2.45) is 0 Å². The molecule has 7 heteroatoms. The van der Waals surface area contributed by atoms with Gasteiger partial charge in [-0.15, -0.1) is 0 Å². The number of benzene rings is 3. The van der Waals surface area contributed by atoms with Gasteiger partial charge in [0.25, 0.3) is 0 Å². The number of hydrogen-bond donors (Lipinski definition) is 2. The molecule has 2 atom stereocenters. The molecule has 1 aliphatic heterocycles. The SMILES string of the molecule is O=C(O)[C@@H](Cc1ccccc1)NC(=O)[C@@H]1Cc2ccccc2CN1C(=O)OCc1ccccc1. The third kappa shape index (κ3) is 5.61. The van der Waals surface area contributed by atoms with Crippen LogP contribution in [0, 0.1) is 0 Å². The van der Waals surface area contributed by atoms with Gasteiger partial charge in [0.2, 0.25) is 5.91 Å². The zero-order valence-electron chi connectivity index (χ0n) is 18.6. The highest BCUT2D eigenvalue weighted by atomic mass is 16.6. The summed E-state index contributed by atoms with van der Waals surface area (Å²) < 4.78 is 5.50. The van der Waals surface area contributed by atoms with Crippen molar-refractivity contribution in [3.05, 3.63) is 107 Å². The lowest BCUT2D eigenvalue weighted by Gasteiger charge is -2.35. The van der Waals surface area contributed by atoms with Crippen molar-refractivity contribution in [2.75, 3.05) is 0 Å². The predicted octanol–water partition coefficient (Wildman–Crippen LogP) is 3.56. The molecule has 0 aliphatic carbocycles. The number of carboxylic acid groups (broad SMARTS) is 1. The van der Waals surface area contributed by atoms with E-state index in [1.165, 1.54) is 4.90 Å². The van der Waals surface area contributed by atoms with Crippen LogP contribution in [0.5, 0.6) is 0 Å². The molecule has 3 aromatic rings. The molecular formula is C27H26N2O5. The van der Waals surface area contributed by atoms with Crippen molar-refractivity contribution in [2.45, 2.75) is 38.1 Å². The van der Waals surface area contributed by atoms with Crippen LogP contribution in [0.15, 0.2) is 84.9 Å². The standard InChI is InChI=1S/C27H26N2O5/c30-25(28-23(26(31)32)15-19-9-3-1-4-10-19)24-16-21-13-7-8-14-22(21)17-29(24)27(33)34-18-20-11-5-2-6-12-20/h1-14,23-24H,15-18H2,(H,28,30)(H,31,32)/t23-,24+/m1/s1. The van der Waals surface area contributed by atoms with Crippen LogP contribution < -0.4 is 5.32 Å². The number of ether oxygens (including phenoxy) is 1. The fourth-order valence-corrected chi connectivity index (χ4v) is 4.07. The molecule has 0 radical (unpaired) electrons. The second kappa shape index (κ2) is 10.7. The van der Waals surface area contributed by atoms with Crippen molar-refractivity contribution in [3.63, 3.8) is 0 Å². The first-order chi connectivity index (χ1) is 16.5. The molecule has 34 heavy (non-hydrogen) atoms. The highest BCUT2D eigenvalue weighted by molar-refractivity contribution is 5.90. The smallest absolute Gasteiger partial charge is 0.411 e. The van der Waals surface area contributed by atoms with Crippen LogP contribution in [0.1, 0.15) is 22.3 Å². The van der Waals surface area contributed by atoms with Crippen LogP contribution in [-0.2, 0) is 40.3 Å². The molecular weight excluding hydrogens is 432 g/mol. The van der Waals surface area contributed by atoms with Gasteiger partial charge in [-0.3, -0.25) is 9.69 Å². The molecule has 2 N–H and O–H groups in total. The second-order valence-corrected chi connectivity index (χ2v) is 8.25.